The predicted octanol–water partition coefficient (Wildman–Crippen LogP) is 4.03. The predicted molar refractivity (Wildman–Crippen MR) is 125 cm³/mol. The summed E-state index contributed by atoms with van der Waals surface area (Å²) in [5.74, 6) is 0.741. The van der Waals surface area contributed by atoms with Gasteiger partial charge in [0.1, 0.15) is 0 Å². The fourth-order valence-electron chi connectivity index (χ4n) is 3.93. The Kier molecular flexibility index (Phi) is 6.57. The van der Waals surface area contributed by atoms with Gasteiger partial charge < -0.3 is 15.1 Å². The summed E-state index contributed by atoms with van der Waals surface area (Å²) in [4.78, 5) is 17.5. The third-order valence-corrected chi connectivity index (χ3v) is 5.83. The molecule has 6 nitrogen and oxygen atoms in total. The summed E-state index contributed by atoms with van der Waals surface area (Å²) in [6.07, 6.45) is 0.745. The van der Waals surface area contributed by atoms with Gasteiger partial charge in [0.05, 0.1) is 11.6 Å². The van der Waals surface area contributed by atoms with Crippen LogP contribution in [0.3, 0.4) is 0 Å². The number of piperazine rings is 1. The highest BCUT2D eigenvalue weighted by atomic mass is 16.1. The molecule has 1 N–H and O–H groups in total. The van der Waals surface area contributed by atoms with Gasteiger partial charge >= 0.3 is 0 Å². The number of rotatable bonds is 6. The molecule has 160 valence electrons. The lowest BCUT2D eigenvalue weighted by Gasteiger charge is -2.32. The molecule has 1 aliphatic rings. The van der Waals surface area contributed by atoms with E-state index in [0.717, 1.165) is 60.9 Å². The molecule has 0 spiro atoms. The maximum absolute atomic E-state index is 12.9. The van der Waals surface area contributed by atoms with Crippen LogP contribution >= 0.6 is 0 Å². The number of carbonyl (C=O) groups excluding carboxylic acids is 1. The van der Waals surface area contributed by atoms with Crippen LogP contribution < -0.4 is 10.2 Å². The Morgan fingerprint density at radius 2 is 1.74 bits per heavy atom. The molecule has 0 aliphatic carbocycles. The van der Waals surface area contributed by atoms with Crippen LogP contribution in [0.2, 0.25) is 0 Å². The molecule has 0 unspecified atom stereocenters. The van der Waals surface area contributed by atoms with Gasteiger partial charge in [-0.25, -0.2) is 0 Å². The molecule has 4 rings (SSSR count). The topological polar surface area (TPSA) is 61.4 Å². The van der Waals surface area contributed by atoms with Gasteiger partial charge in [-0.05, 0) is 43.3 Å². The highest BCUT2D eigenvalue weighted by molar-refractivity contribution is 5.96. The molecule has 1 fully saturated rings. The number of nitrogens with zero attached hydrogens (tertiary/aromatic N) is 4. The Bertz CT molecular complexity index is 998. The van der Waals surface area contributed by atoms with Crippen molar-refractivity contribution in [3.8, 4) is 11.3 Å². The Morgan fingerprint density at radius 1 is 0.968 bits per heavy atom. The van der Waals surface area contributed by atoms with Crippen LogP contribution in [0.25, 0.3) is 11.3 Å². The van der Waals surface area contributed by atoms with Crippen molar-refractivity contribution >= 4 is 17.4 Å². The standard InChI is InChI=1S/C25H29N5O/c1-3-22(19-8-5-4-6-9-19)25(31)26-21-11-7-10-20(18-21)23-12-13-24(28-27-23)30-16-14-29(2)15-17-30/h4-13,18,22H,3,14-17H2,1-2H3,(H,26,31)/t22-/m0/s1. The van der Waals surface area contributed by atoms with Gasteiger partial charge in [0.2, 0.25) is 5.91 Å². The van der Waals surface area contributed by atoms with E-state index in [2.05, 4.69) is 32.4 Å². The molecule has 6 heteroatoms. The first-order chi connectivity index (χ1) is 15.1. The molecule has 31 heavy (non-hydrogen) atoms. The number of aromatic nitrogens is 2. The van der Waals surface area contributed by atoms with Gasteiger partial charge in [0.25, 0.3) is 0 Å². The summed E-state index contributed by atoms with van der Waals surface area (Å²) in [5.41, 5.74) is 3.53. The molecule has 0 radical (unpaired) electrons. The molecule has 1 aliphatic heterocycles. The number of anilines is 2. The van der Waals surface area contributed by atoms with E-state index in [4.69, 9.17) is 0 Å². The monoisotopic (exact) mass is 415 g/mol. The van der Waals surface area contributed by atoms with Crippen LogP contribution in [0.15, 0.2) is 66.7 Å². The zero-order valence-corrected chi connectivity index (χ0v) is 18.2. The Balaban J connectivity index is 1.46. The minimum atomic E-state index is -0.174. The number of likely N-dealkylation sites (N-methyl/N-ethyl adjacent to an activating group) is 1. The van der Waals surface area contributed by atoms with Crippen molar-refractivity contribution in [2.75, 3.05) is 43.4 Å². The van der Waals surface area contributed by atoms with Gasteiger partial charge in [-0.15, -0.1) is 10.2 Å². The lowest BCUT2D eigenvalue weighted by Crippen LogP contribution is -2.44. The Morgan fingerprint density at radius 3 is 2.42 bits per heavy atom. The van der Waals surface area contributed by atoms with Gasteiger partial charge in [-0.3, -0.25) is 4.79 Å². The van der Waals surface area contributed by atoms with Gasteiger partial charge in [0.15, 0.2) is 5.82 Å². The van der Waals surface area contributed by atoms with Crippen molar-refractivity contribution in [3.63, 3.8) is 0 Å². The first-order valence-corrected chi connectivity index (χ1v) is 10.9. The van der Waals surface area contributed by atoms with E-state index in [-0.39, 0.29) is 11.8 Å². The number of hydrogen-bond donors (Lipinski definition) is 1. The van der Waals surface area contributed by atoms with Gasteiger partial charge in [-0.1, -0.05) is 49.4 Å². The second-order valence-corrected chi connectivity index (χ2v) is 8.01. The molecular weight excluding hydrogens is 386 g/mol. The van der Waals surface area contributed by atoms with Crippen LogP contribution in [-0.4, -0.2) is 54.2 Å². The van der Waals surface area contributed by atoms with Crippen LogP contribution in [0.4, 0.5) is 11.5 Å². The van der Waals surface area contributed by atoms with E-state index < -0.39 is 0 Å². The Labute approximate surface area is 183 Å². The van der Waals surface area contributed by atoms with E-state index in [9.17, 15) is 4.79 Å². The summed E-state index contributed by atoms with van der Waals surface area (Å²) in [6.45, 7) is 6.03. The molecule has 3 aromatic rings. The van der Waals surface area contributed by atoms with Crippen molar-refractivity contribution in [2.45, 2.75) is 19.3 Å². The molecule has 1 saturated heterocycles. The van der Waals surface area contributed by atoms with Crippen molar-refractivity contribution in [2.24, 2.45) is 0 Å². The average Bonchev–Trinajstić information content (AvgIpc) is 2.81. The van der Waals surface area contributed by atoms with Crippen LogP contribution in [0.5, 0.6) is 0 Å². The number of nitrogens with one attached hydrogen (secondary N) is 1. The quantitative estimate of drug-likeness (QED) is 0.659. The van der Waals surface area contributed by atoms with E-state index in [0.29, 0.717) is 0 Å². The van der Waals surface area contributed by atoms with E-state index in [1.54, 1.807) is 0 Å². The maximum Gasteiger partial charge on any atom is 0.231 e. The van der Waals surface area contributed by atoms with Crippen molar-refractivity contribution < 1.29 is 4.79 Å². The Hall–Kier alpha value is -3.25. The molecule has 0 bridgehead atoms. The highest BCUT2D eigenvalue weighted by Gasteiger charge is 2.19. The number of hydrogen-bond acceptors (Lipinski definition) is 5. The third kappa shape index (κ3) is 5.09. The van der Waals surface area contributed by atoms with Crippen LogP contribution in [0.1, 0.15) is 24.8 Å². The zero-order chi connectivity index (χ0) is 21.6. The summed E-state index contributed by atoms with van der Waals surface area (Å²) < 4.78 is 0. The molecular formula is C25H29N5O. The molecule has 1 amide bonds. The van der Waals surface area contributed by atoms with Crippen molar-refractivity contribution in [1.82, 2.24) is 15.1 Å². The van der Waals surface area contributed by atoms with Gasteiger partial charge in [0, 0.05) is 37.4 Å². The van der Waals surface area contributed by atoms with E-state index in [1.165, 1.54) is 0 Å². The largest absolute Gasteiger partial charge is 0.353 e. The van der Waals surface area contributed by atoms with Crippen molar-refractivity contribution in [3.05, 3.63) is 72.3 Å². The first-order valence-electron chi connectivity index (χ1n) is 10.9. The number of benzene rings is 2. The normalized spacial score (nSPS) is 15.5. The summed E-state index contributed by atoms with van der Waals surface area (Å²) in [5, 5.41) is 12.0. The highest BCUT2D eigenvalue weighted by Crippen LogP contribution is 2.25. The molecule has 1 aromatic heterocycles. The zero-order valence-electron chi connectivity index (χ0n) is 18.2. The average molecular weight is 416 g/mol. The second kappa shape index (κ2) is 9.71. The molecule has 2 heterocycles. The second-order valence-electron chi connectivity index (χ2n) is 8.01. The fraction of sp³-hybridized carbons (Fsp3) is 0.320. The SMILES string of the molecule is CC[C@H](C(=O)Nc1cccc(-c2ccc(N3CCN(C)CC3)nn2)c1)c1ccccc1. The lowest BCUT2D eigenvalue weighted by atomic mass is 9.95. The minimum Gasteiger partial charge on any atom is -0.353 e. The van der Waals surface area contributed by atoms with Crippen molar-refractivity contribution in [1.29, 1.82) is 0 Å². The van der Waals surface area contributed by atoms with Crippen LogP contribution in [0, 0.1) is 0 Å². The molecule has 2 aromatic carbocycles. The molecule has 1 atom stereocenters. The van der Waals surface area contributed by atoms with E-state index >= 15 is 0 Å². The number of carbonyl (C=O) groups is 1. The smallest absolute Gasteiger partial charge is 0.231 e. The third-order valence-electron chi connectivity index (χ3n) is 5.83. The first kappa shape index (κ1) is 21.0. The summed E-state index contributed by atoms with van der Waals surface area (Å²) in [7, 11) is 2.14. The fourth-order valence-corrected chi connectivity index (χ4v) is 3.93. The number of amides is 1. The summed E-state index contributed by atoms with van der Waals surface area (Å²) >= 11 is 0. The molecule has 0 saturated carbocycles. The maximum atomic E-state index is 12.9. The van der Waals surface area contributed by atoms with Crippen LogP contribution in [-0.2, 0) is 4.79 Å². The minimum absolute atomic E-state index is 0.00217. The van der Waals surface area contributed by atoms with E-state index in [1.807, 2.05) is 73.7 Å². The summed E-state index contributed by atoms with van der Waals surface area (Å²) in [6, 6.07) is 21.7. The van der Waals surface area contributed by atoms with Gasteiger partial charge in [-0.2, -0.15) is 0 Å². The lowest BCUT2D eigenvalue weighted by molar-refractivity contribution is -0.117.